The number of nitrogens with two attached hydrogens (primary N) is 1. The number of carbonyl (C=O) groups is 1. The highest BCUT2D eigenvalue weighted by molar-refractivity contribution is 7.58. The molecule has 4 unspecified atom stereocenters. The predicted octanol–water partition coefficient (Wildman–Crippen LogP) is 4.98. The van der Waals surface area contributed by atoms with Gasteiger partial charge in [-0.25, -0.2) is 0 Å². The quantitative estimate of drug-likeness (QED) is 0.509. The molecule has 2 aromatic rings. The average Bonchev–Trinajstić information content (AvgIpc) is 2.59. The Bertz CT molecular complexity index is 812. The van der Waals surface area contributed by atoms with E-state index in [1.807, 2.05) is 36.4 Å². The van der Waals surface area contributed by atoms with Crippen molar-refractivity contribution in [3.8, 4) is 0 Å². The van der Waals surface area contributed by atoms with Crippen LogP contribution in [0.2, 0.25) is 5.02 Å². The van der Waals surface area contributed by atoms with Gasteiger partial charge in [0.05, 0.1) is 0 Å². The van der Waals surface area contributed by atoms with E-state index in [0.29, 0.717) is 16.3 Å². The summed E-state index contributed by atoms with van der Waals surface area (Å²) < 4.78 is -0.230. The molecule has 0 aliphatic carbocycles. The largest absolute Gasteiger partial charge is 0.322 e. The molecule has 3 N–H and O–H groups in total. The van der Waals surface area contributed by atoms with Crippen LogP contribution in [0.3, 0.4) is 0 Å². The molecule has 1 amide bonds. The number of allylic oxidation sites excluding steroid dienone is 2. The van der Waals surface area contributed by atoms with Crippen LogP contribution in [0, 0.1) is 0 Å². The second-order valence-electron chi connectivity index (χ2n) is 5.93. The Kier molecular flexibility index (Phi) is 7.53. The SMILES string of the molecule is C=C(/C=C\C(N)c1ccc(NC(=O)c2ccc(Cl)cc2)cc1)C(P)(P)P. The van der Waals surface area contributed by atoms with Crippen molar-refractivity contribution in [3.63, 3.8) is 0 Å². The number of nitrogens with one attached hydrogen (secondary N) is 1. The summed E-state index contributed by atoms with van der Waals surface area (Å²) in [5.41, 5.74) is 9.31. The normalized spacial score (nSPS) is 12.8. The Morgan fingerprint density at radius 3 is 2.23 bits per heavy atom. The van der Waals surface area contributed by atoms with E-state index in [2.05, 4.69) is 39.6 Å². The standard InChI is InChI=1S/C19H22ClN2OP3/c1-12(19(24,25)26)2-11-17(21)13-5-9-16(10-6-13)22-18(23)14-3-7-15(20)8-4-14/h2-11,17H,1,21,24-26H2,(H,22,23)/b11-2-. The molecule has 26 heavy (non-hydrogen) atoms. The third kappa shape index (κ3) is 6.27. The molecule has 0 aliphatic rings. The first-order valence-electron chi connectivity index (χ1n) is 7.83. The molecule has 4 atom stereocenters. The fourth-order valence-electron chi connectivity index (χ4n) is 2.07. The maximum atomic E-state index is 12.2. The number of anilines is 1. The van der Waals surface area contributed by atoms with Gasteiger partial charge in [0.1, 0.15) is 0 Å². The van der Waals surface area contributed by atoms with Crippen LogP contribution in [-0.2, 0) is 0 Å². The topological polar surface area (TPSA) is 55.1 Å². The lowest BCUT2D eigenvalue weighted by Gasteiger charge is -2.18. The fraction of sp³-hybridized carbons (Fsp3) is 0.105. The molecule has 136 valence electrons. The lowest BCUT2D eigenvalue weighted by atomic mass is 10.1. The molecule has 0 bridgehead atoms. The first-order valence-corrected chi connectivity index (χ1v) is 9.94. The summed E-state index contributed by atoms with van der Waals surface area (Å²) >= 11 is 5.84. The van der Waals surface area contributed by atoms with E-state index in [-0.39, 0.29) is 16.6 Å². The Labute approximate surface area is 166 Å². The Morgan fingerprint density at radius 1 is 1.12 bits per heavy atom. The molecule has 0 radical (unpaired) electrons. The maximum absolute atomic E-state index is 12.2. The summed E-state index contributed by atoms with van der Waals surface area (Å²) in [6.45, 7) is 4.01. The molecule has 7 heteroatoms. The smallest absolute Gasteiger partial charge is 0.255 e. The minimum absolute atomic E-state index is 0.187. The molecule has 0 aromatic heterocycles. The fourth-order valence-corrected chi connectivity index (χ4v) is 2.48. The third-order valence-corrected chi connectivity index (χ3v) is 5.09. The molecule has 0 aliphatic heterocycles. The summed E-state index contributed by atoms with van der Waals surface area (Å²) in [7, 11) is 8.06. The summed E-state index contributed by atoms with van der Waals surface area (Å²) in [5.74, 6) is -0.187. The van der Waals surface area contributed by atoms with Crippen molar-refractivity contribution >= 4 is 50.9 Å². The van der Waals surface area contributed by atoms with Gasteiger partial charge in [0.25, 0.3) is 5.91 Å². The minimum Gasteiger partial charge on any atom is -0.322 e. The van der Waals surface area contributed by atoms with Crippen LogP contribution in [0.25, 0.3) is 0 Å². The molecule has 3 nitrogen and oxygen atoms in total. The van der Waals surface area contributed by atoms with E-state index >= 15 is 0 Å². The monoisotopic (exact) mass is 422 g/mol. The van der Waals surface area contributed by atoms with Crippen molar-refractivity contribution in [2.75, 3.05) is 5.32 Å². The molecule has 2 rings (SSSR count). The Morgan fingerprint density at radius 2 is 1.69 bits per heavy atom. The van der Waals surface area contributed by atoms with Crippen molar-refractivity contribution in [2.45, 2.75) is 10.7 Å². The second kappa shape index (κ2) is 9.23. The Balaban J connectivity index is 2.01. The molecule has 0 spiro atoms. The van der Waals surface area contributed by atoms with Crippen molar-refractivity contribution in [1.82, 2.24) is 0 Å². The highest BCUT2D eigenvalue weighted by Crippen LogP contribution is 2.41. The van der Waals surface area contributed by atoms with Gasteiger partial charge >= 0.3 is 0 Å². The zero-order valence-electron chi connectivity index (χ0n) is 14.2. The highest BCUT2D eigenvalue weighted by Gasteiger charge is 2.13. The van der Waals surface area contributed by atoms with Crippen LogP contribution in [0.4, 0.5) is 5.69 Å². The van der Waals surface area contributed by atoms with Gasteiger partial charge in [0, 0.05) is 27.0 Å². The lowest BCUT2D eigenvalue weighted by Crippen LogP contribution is -2.12. The van der Waals surface area contributed by atoms with Crippen LogP contribution >= 0.6 is 39.3 Å². The molecule has 0 heterocycles. The van der Waals surface area contributed by atoms with Crippen LogP contribution in [-0.4, -0.2) is 10.5 Å². The van der Waals surface area contributed by atoms with E-state index < -0.39 is 0 Å². The highest BCUT2D eigenvalue weighted by atomic mass is 35.5. The number of carbonyl (C=O) groups excluding carboxylic acids is 1. The van der Waals surface area contributed by atoms with Gasteiger partial charge in [-0.05, 0) is 47.5 Å². The van der Waals surface area contributed by atoms with Gasteiger partial charge in [-0.2, -0.15) is 0 Å². The zero-order valence-corrected chi connectivity index (χ0v) is 18.4. The van der Waals surface area contributed by atoms with Gasteiger partial charge < -0.3 is 11.1 Å². The van der Waals surface area contributed by atoms with E-state index in [9.17, 15) is 4.79 Å². The number of halogens is 1. The zero-order chi connectivity index (χ0) is 19.3. The number of rotatable bonds is 6. The third-order valence-electron chi connectivity index (χ3n) is 3.72. The van der Waals surface area contributed by atoms with Crippen LogP contribution in [0.1, 0.15) is 22.0 Å². The van der Waals surface area contributed by atoms with Crippen LogP contribution in [0.5, 0.6) is 0 Å². The Hall–Kier alpha value is -1.07. The van der Waals surface area contributed by atoms with E-state index in [1.54, 1.807) is 24.3 Å². The lowest BCUT2D eigenvalue weighted by molar-refractivity contribution is 0.102. The summed E-state index contributed by atoms with van der Waals surface area (Å²) in [6.07, 6.45) is 3.81. The minimum atomic E-state index is -0.255. The molecule has 0 saturated heterocycles. The first kappa shape index (κ1) is 21.2. The van der Waals surface area contributed by atoms with Gasteiger partial charge in [0.15, 0.2) is 0 Å². The molecular formula is C19H22ClN2OP3. The average molecular weight is 423 g/mol. The van der Waals surface area contributed by atoms with Crippen LogP contribution < -0.4 is 11.1 Å². The molecule has 0 fully saturated rings. The second-order valence-corrected chi connectivity index (χ2v) is 11.2. The molecular weight excluding hydrogens is 401 g/mol. The van der Waals surface area contributed by atoms with Gasteiger partial charge in [-0.15, -0.1) is 27.7 Å². The first-order chi connectivity index (χ1) is 12.2. The summed E-state index contributed by atoms with van der Waals surface area (Å²) in [5, 5.41) is 3.45. The van der Waals surface area contributed by atoms with Crippen LogP contribution in [0.15, 0.2) is 72.8 Å². The van der Waals surface area contributed by atoms with Crippen molar-refractivity contribution in [3.05, 3.63) is 89.0 Å². The molecule has 2 aromatic carbocycles. The van der Waals surface area contributed by atoms with Crippen molar-refractivity contribution < 1.29 is 4.79 Å². The van der Waals surface area contributed by atoms with Gasteiger partial charge in [-0.3, -0.25) is 4.79 Å². The van der Waals surface area contributed by atoms with E-state index in [1.165, 1.54) is 0 Å². The van der Waals surface area contributed by atoms with E-state index in [0.717, 1.165) is 11.1 Å². The maximum Gasteiger partial charge on any atom is 0.255 e. The van der Waals surface area contributed by atoms with E-state index in [4.69, 9.17) is 17.3 Å². The van der Waals surface area contributed by atoms with Gasteiger partial charge in [0.2, 0.25) is 0 Å². The predicted molar refractivity (Wildman–Crippen MR) is 123 cm³/mol. The summed E-state index contributed by atoms with van der Waals surface area (Å²) in [6, 6.07) is 13.9. The van der Waals surface area contributed by atoms with Crippen molar-refractivity contribution in [1.29, 1.82) is 0 Å². The molecule has 0 saturated carbocycles. The van der Waals surface area contributed by atoms with Gasteiger partial charge in [-0.1, -0.05) is 42.5 Å². The van der Waals surface area contributed by atoms with Crippen molar-refractivity contribution in [2.24, 2.45) is 5.73 Å². The number of benzene rings is 2. The number of hydrogen-bond acceptors (Lipinski definition) is 2. The summed E-state index contributed by atoms with van der Waals surface area (Å²) in [4.78, 5) is 12.2. The number of hydrogen-bond donors (Lipinski definition) is 2. The number of amides is 1.